The third-order valence-corrected chi connectivity index (χ3v) is 4.30. The van der Waals surface area contributed by atoms with E-state index in [1.165, 1.54) is 45.3 Å². The molecule has 2 heteroatoms. The molecule has 2 aliphatic carbocycles. The molecule has 0 spiro atoms. The zero-order valence-electron chi connectivity index (χ0n) is 8.15. The fraction of sp³-hybridized carbons (Fsp3) is 1.00. The molecule has 4 rings (SSSR count). The molecule has 0 amide bonds. The van der Waals surface area contributed by atoms with Crippen LogP contribution < -0.4 is 0 Å². The van der Waals surface area contributed by atoms with Gasteiger partial charge in [0.15, 0.2) is 0 Å². The Balaban J connectivity index is 1.51. The first kappa shape index (κ1) is 8.25. The van der Waals surface area contributed by atoms with Crippen molar-refractivity contribution in [2.45, 2.75) is 31.8 Å². The van der Waals surface area contributed by atoms with Crippen molar-refractivity contribution in [2.24, 2.45) is 17.8 Å². The summed E-state index contributed by atoms with van der Waals surface area (Å²) < 4.78 is 0. The van der Waals surface area contributed by atoms with Gasteiger partial charge in [-0.1, -0.05) is 6.42 Å². The van der Waals surface area contributed by atoms with Crippen molar-refractivity contribution in [2.75, 3.05) is 19.6 Å². The van der Waals surface area contributed by atoms with E-state index >= 15 is 0 Å². The fourth-order valence-electron chi connectivity index (χ4n) is 3.15. The molecule has 0 aromatic heterocycles. The Hall–Kier alpha value is -0.0800. The molecule has 4 aliphatic rings. The maximum absolute atomic E-state index is 9.62. The number of aliphatic hydroxyl groups is 1. The van der Waals surface area contributed by atoms with E-state index < -0.39 is 0 Å². The van der Waals surface area contributed by atoms with Gasteiger partial charge >= 0.3 is 0 Å². The first-order valence-electron chi connectivity index (χ1n) is 5.73. The molecule has 0 aromatic carbocycles. The zero-order chi connectivity index (χ0) is 8.84. The SMILES string of the molecule is OC1[C@@H]2C[C@H]1CN(CC1CCC1)C2. The highest BCUT2D eigenvalue weighted by Gasteiger charge is 2.45. The Morgan fingerprint density at radius 2 is 1.85 bits per heavy atom. The second-order valence-corrected chi connectivity index (χ2v) is 5.26. The summed E-state index contributed by atoms with van der Waals surface area (Å²) in [6.45, 7) is 3.67. The number of nitrogens with zero attached hydrogens (tertiary/aromatic N) is 1. The monoisotopic (exact) mass is 181 g/mol. The molecule has 0 aromatic rings. The van der Waals surface area contributed by atoms with Gasteiger partial charge in [0, 0.05) is 19.6 Å². The van der Waals surface area contributed by atoms with Crippen molar-refractivity contribution in [3.8, 4) is 0 Å². The molecule has 2 bridgehead atoms. The van der Waals surface area contributed by atoms with Gasteiger partial charge < -0.3 is 10.0 Å². The predicted molar refractivity (Wildman–Crippen MR) is 51.4 cm³/mol. The van der Waals surface area contributed by atoms with E-state index in [9.17, 15) is 5.11 Å². The van der Waals surface area contributed by atoms with Crippen LogP contribution in [0.15, 0.2) is 0 Å². The lowest BCUT2D eigenvalue weighted by Gasteiger charge is -2.52. The van der Waals surface area contributed by atoms with Crippen LogP contribution in [0.25, 0.3) is 0 Å². The van der Waals surface area contributed by atoms with E-state index in [4.69, 9.17) is 0 Å². The lowest BCUT2D eigenvalue weighted by atomic mass is 9.68. The molecule has 1 N–H and O–H groups in total. The van der Waals surface area contributed by atoms with Crippen LogP contribution in [0.4, 0.5) is 0 Å². The van der Waals surface area contributed by atoms with Crippen molar-refractivity contribution >= 4 is 0 Å². The number of piperidine rings is 2. The van der Waals surface area contributed by atoms with Crippen molar-refractivity contribution in [3.05, 3.63) is 0 Å². The Morgan fingerprint density at radius 3 is 2.31 bits per heavy atom. The number of fused-ring (bicyclic) bond motifs is 2. The molecular formula is C11H19NO. The molecule has 2 nitrogen and oxygen atoms in total. The molecule has 0 radical (unpaired) electrons. The number of aliphatic hydroxyl groups excluding tert-OH is 1. The average Bonchev–Trinajstić information content (AvgIpc) is 2.11. The van der Waals surface area contributed by atoms with E-state index in [2.05, 4.69) is 4.90 Å². The predicted octanol–water partition coefficient (Wildman–Crippen LogP) is 1.10. The van der Waals surface area contributed by atoms with Gasteiger partial charge in [-0.15, -0.1) is 0 Å². The van der Waals surface area contributed by atoms with E-state index in [0.717, 1.165) is 5.92 Å². The first-order chi connectivity index (χ1) is 6.33. The zero-order valence-corrected chi connectivity index (χ0v) is 8.15. The summed E-state index contributed by atoms with van der Waals surface area (Å²) in [5.41, 5.74) is 0. The minimum atomic E-state index is 0.0534. The van der Waals surface area contributed by atoms with Crippen LogP contribution in [-0.2, 0) is 0 Å². The van der Waals surface area contributed by atoms with Crippen LogP contribution >= 0.6 is 0 Å². The highest BCUT2D eigenvalue weighted by atomic mass is 16.3. The Kier molecular flexibility index (Phi) is 1.88. The highest BCUT2D eigenvalue weighted by Crippen LogP contribution is 2.40. The molecule has 2 aliphatic heterocycles. The molecule has 1 unspecified atom stereocenters. The van der Waals surface area contributed by atoms with Crippen molar-refractivity contribution in [1.29, 1.82) is 0 Å². The summed E-state index contributed by atoms with van der Waals surface area (Å²) in [4.78, 5) is 2.59. The molecule has 2 heterocycles. The van der Waals surface area contributed by atoms with Crippen LogP contribution in [0.1, 0.15) is 25.7 Å². The summed E-state index contributed by atoms with van der Waals surface area (Å²) in [7, 11) is 0. The molecule has 13 heavy (non-hydrogen) atoms. The van der Waals surface area contributed by atoms with Gasteiger partial charge in [0.2, 0.25) is 0 Å². The molecule has 2 saturated carbocycles. The second kappa shape index (κ2) is 2.96. The second-order valence-electron chi connectivity index (χ2n) is 5.26. The number of rotatable bonds is 2. The minimum absolute atomic E-state index is 0.0534. The summed E-state index contributed by atoms with van der Waals surface area (Å²) in [5, 5.41) is 9.62. The minimum Gasteiger partial charge on any atom is -0.392 e. The quantitative estimate of drug-likeness (QED) is 0.689. The number of hydrogen-bond donors (Lipinski definition) is 1. The van der Waals surface area contributed by atoms with E-state index in [1.807, 2.05) is 0 Å². The Labute approximate surface area is 79.9 Å². The van der Waals surface area contributed by atoms with E-state index in [-0.39, 0.29) is 6.10 Å². The lowest BCUT2D eigenvalue weighted by Crippen LogP contribution is -2.59. The Bertz CT molecular complexity index is 188. The lowest BCUT2D eigenvalue weighted by molar-refractivity contribution is -0.111. The van der Waals surface area contributed by atoms with E-state index in [0.29, 0.717) is 11.8 Å². The van der Waals surface area contributed by atoms with E-state index in [1.54, 1.807) is 0 Å². The molecule has 2 saturated heterocycles. The normalized spacial score (nSPS) is 45.5. The van der Waals surface area contributed by atoms with Crippen LogP contribution in [0.3, 0.4) is 0 Å². The topological polar surface area (TPSA) is 23.5 Å². The van der Waals surface area contributed by atoms with Crippen LogP contribution in [-0.4, -0.2) is 35.7 Å². The molecule has 4 fully saturated rings. The van der Waals surface area contributed by atoms with Gasteiger partial charge in [0.05, 0.1) is 6.10 Å². The summed E-state index contributed by atoms with van der Waals surface area (Å²) in [6, 6.07) is 0. The summed E-state index contributed by atoms with van der Waals surface area (Å²) >= 11 is 0. The van der Waals surface area contributed by atoms with Gasteiger partial charge in [-0.25, -0.2) is 0 Å². The molecular weight excluding hydrogens is 162 g/mol. The molecule has 74 valence electrons. The summed E-state index contributed by atoms with van der Waals surface area (Å²) in [6.07, 6.45) is 5.71. The van der Waals surface area contributed by atoms with Crippen LogP contribution in [0.2, 0.25) is 0 Å². The maximum atomic E-state index is 9.62. The first-order valence-corrected chi connectivity index (χ1v) is 5.73. The van der Waals surface area contributed by atoms with Gasteiger partial charge in [0.25, 0.3) is 0 Å². The summed E-state index contributed by atoms with van der Waals surface area (Å²) in [5.74, 6) is 2.24. The standard InChI is InChI=1S/C11H19NO/c13-11-9-4-10(11)7-12(6-9)5-8-2-1-3-8/h8-11,13H,1-7H2/t9-,10+,11?. The average molecular weight is 181 g/mol. The van der Waals surface area contributed by atoms with Gasteiger partial charge in [-0.3, -0.25) is 0 Å². The van der Waals surface area contributed by atoms with Crippen molar-refractivity contribution in [3.63, 3.8) is 0 Å². The van der Waals surface area contributed by atoms with Gasteiger partial charge in [-0.2, -0.15) is 0 Å². The van der Waals surface area contributed by atoms with Crippen molar-refractivity contribution < 1.29 is 5.11 Å². The third kappa shape index (κ3) is 1.31. The Morgan fingerprint density at radius 1 is 1.15 bits per heavy atom. The fourth-order valence-corrected chi connectivity index (χ4v) is 3.15. The van der Waals surface area contributed by atoms with Gasteiger partial charge in [-0.05, 0) is 37.0 Å². The van der Waals surface area contributed by atoms with Crippen LogP contribution in [0.5, 0.6) is 0 Å². The highest BCUT2D eigenvalue weighted by molar-refractivity contribution is 4.97. The largest absolute Gasteiger partial charge is 0.392 e. The van der Waals surface area contributed by atoms with Crippen LogP contribution in [0, 0.1) is 17.8 Å². The maximum Gasteiger partial charge on any atom is 0.0621 e. The number of hydrogen-bond acceptors (Lipinski definition) is 2. The third-order valence-electron chi connectivity index (χ3n) is 4.30. The van der Waals surface area contributed by atoms with Crippen molar-refractivity contribution in [1.82, 2.24) is 4.90 Å². The van der Waals surface area contributed by atoms with Gasteiger partial charge in [0.1, 0.15) is 0 Å². The molecule has 3 atom stereocenters. The smallest absolute Gasteiger partial charge is 0.0621 e.